The minimum atomic E-state index is -0.265. The molecule has 76 valence electrons. The first-order chi connectivity index (χ1) is 6.78. The molecular weight excluding hydrogens is 201 g/mol. The van der Waals surface area contributed by atoms with Crippen molar-refractivity contribution in [3.8, 4) is 5.75 Å². The van der Waals surface area contributed by atoms with Gasteiger partial charge >= 0.3 is 0 Å². The van der Waals surface area contributed by atoms with Gasteiger partial charge in [0, 0.05) is 35.4 Å². The van der Waals surface area contributed by atoms with Crippen molar-refractivity contribution in [2.24, 2.45) is 0 Å². The molecule has 1 heterocycles. The summed E-state index contributed by atoms with van der Waals surface area (Å²) in [5, 5.41) is 3.25. The van der Waals surface area contributed by atoms with Crippen LogP contribution in [-0.2, 0) is 0 Å². The molecule has 2 nitrogen and oxygen atoms in total. The molecule has 0 saturated carbocycles. The Hall–Kier alpha value is -0.900. The van der Waals surface area contributed by atoms with Crippen LogP contribution in [0.1, 0.15) is 0 Å². The summed E-state index contributed by atoms with van der Waals surface area (Å²) in [5.74, 6) is 2.48. The third kappa shape index (κ3) is 2.12. The number of benzene rings is 1. The highest BCUT2D eigenvalue weighted by Gasteiger charge is 2.17. The number of ether oxygens (including phenoxy) is 1. The van der Waals surface area contributed by atoms with Crippen molar-refractivity contribution in [3.05, 3.63) is 24.0 Å². The zero-order valence-electron chi connectivity index (χ0n) is 7.92. The first-order valence-corrected chi connectivity index (χ1v) is 5.62. The van der Waals surface area contributed by atoms with E-state index in [0.29, 0.717) is 11.8 Å². The van der Waals surface area contributed by atoms with Crippen LogP contribution in [0.5, 0.6) is 5.75 Å². The van der Waals surface area contributed by atoms with Gasteiger partial charge in [-0.25, -0.2) is 4.39 Å². The molecular formula is C10H12FNOS. The number of anilines is 1. The van der Waals surface area contributed by atoms with Crippen LogP contribution in [-0.4, -0.2) is 24.7 Å². The smallest absolute Gasteiger partial charge is 0.128 e. The van der Waals surface area contributed by atoms with Gasteiger partial charge in [-0.1, -0.05) is 0 Å². The SMILES string of the molecule is COc1cc(F)cc(NC2CSC2)c1. The first-order valence-electron chi connectivity index (χ1n) is 4.47. The zero-order chi connectivity index (χ0) is 9.97. The second-order valence-electron chi connectivity index (χ2n) is 3.26. The van der Waals surface area contributed by atoms with E-state index in [9.17, 15) is 4.39 Å². The van der Waals surface area contributed by atoms with Crippen molar-refractivity contribution >= 4 is 17.4 Å². The standard InChI is InChI=1S/C10H12FNOS/c1-13-10-3-7(11)2-8(4-10)12-9-5-14-6-9/h2-4,9,12H,5-6H2,1H3. The Kier molecular flexibility index (Phi) is 2.82. The predicted molar refractivity (Wildman–Crippen MR) is 57.7 cm³/mol. The molecule has 1 aliphatic heterocycles. The third-order valence-electron chi connectivity index (χ3n) is 2.12. The predicted octanol–water partition coefficient (Wildman–Crippen LogP) is 2.36. The molecule has 0 aliphatic carbocycles. The Morgan fingerprint density at radius 2 is 2.21 bits per heavy atom. The lowest BCUT2D eigenvalue weighted by Crippen LogP contribution is -2.33. The fraction of sp³-hybridized carbons (Fsp3) is 0.400. The highest BCUT2D eigenvalue weighted by molar-refractivity contribution is 8.00. The van der Waals surface area contributed by atoms with E-state index in [2.05, 4.69) is 5.32 Å². The largest absolute Gasteiger partial charge is 0.497 e. The number of hydrogen-bond acceptors (Lipinski definition) is 3. The molecule has 2 rings (SSSR count). The Labute approximate surface area is 86.8 Å². The highest BCUT2D eigenvalue weighted by Crippen LogP contribution is 2.25. The Morgan fingerprint density at radius 1 is 1.43 bits per heavy atom. The maximum atomic E-state index is 13.1. The molecule has 4 heteroatoms. The lowest BCUT2D eigenvalue weighted by Gasteiger charge is -2.27. The van der Waals surface area contributed by atoms with Gasteiger partial charge in [0.15, 0.2) is 0 Å². The lowest BCUT2D eigenvalue weighted by atomic mass is 10.2. The normalized spacial score (nSPS) is 16.1. The summed E-state index contributed by atoms with van der Waals surface area (Å²) in [6.45, 7) is 0. The van der Waals surface area contributed by atoms with Gasteiger partial charge in [-0.15, -0.1) is 0 Å². The minimum absolute atomic E-state index is 0.265. The maximum Gasteiger partial charge on any atom is 0.128 e. The van der Waals surface area contributed by atoms with Gasteiger partial charge in [0.2, 0.25) is 0 Å². The monoisotopic (exact) mass is 213 g/mol. The summed E-state index contributed by atoms with van der Waals surface area (Å²) >= 11 is 1.89. The second kappa shape index (κ2) is 4.09. The van der Waals surface area contributed by atoms with Crippen LogP contribution in [0.4, 0.5) is 10.1 Å². The molecule has 0 radical (unpaired) electrons. The molecule has 1 aliphatic rings. The molecule has 14 heavy (non-hydrogen) atoms. The minimum Gasteiger partial charge on any atom is -0.497 e. The number of nitrogens with one attached hydrogen (secondary N) is 1. The summed E-state index contributed by atoms with van der Waals surface area (Å²) in [6.07, 6.45) is 0. The number of thioether (sulfide) groups is 1. The van der Waals surface area contributed by atoms with E-state index in [0.717, 1.165) is 17.2 Å². The number of rotatable bonds is 3. The number of halogens is 1. The van der Waals surface area contributed by atoms with Crippen molar-refractivity contribution in [1.29, 1.82) is 0 Å². The summed E-state index contributed by atoms with van der Waals surface area (Å²) in [6, 6.07) is 5.16. The van der Waals surface area contributed by atoms with Crippen molar-refractivity contribution < 1.29 is 9.13 Å². The van der Waals surface area contributed by atoms with Crippen LogP contribution in [0.2, 0.25) is 0 Å². The van der Waals surface area contributed by atoms with E-state index in [1.807, 2.05) is 17.8 Å². The molecule has 0 atom stereocenters. The Bertz CT molecular complexity index is 328. The average Bonchev–Trinajstić information content (AvgIpc) is 2.10. The van der Waals surface area contributed by atoms with Crippen molar-refractivity contribution in [2.75, 3.05) is 23.9 Å². The van der Waals surface area contributed by atoms with Gasteiger partial charge in [-0.05, 0) is 6.07 Å². The van der Waals surface area contributed by atoms with Crippen LogP contribution >= 0.6 is 11.8 Å². The Balaban J connectivity index is 2.11. The van der Waals surface area contributed by atoms with E-state index in [1.165, 1.54) is 19.2 Å². The zero-order valence-corrected chi connectivity index (χ0v) is 8.73. The highest BCUT2D eigenvalue weighted by atomic mass is 32.2. The van der Waals surface area contributed by atoms with E-state index >= 15 is 0 Å². The lowest BCUT2D eigenvalue weighted by molar-refractivity contribution is 0.411. The molecule has 1 aromatic carbocycles. The van der Waals surface area contributed by atoms with Crippen LogP contribution in [0.25, 0.3) is 0 Å². The summed E-state index contributed by atoms with van der Waals surface area (Å²) in [5.41, 5.74) is 0.798. The fourth-order valence-electron chi connectivity index (χ4n) is 1.32. The molecule has 1 fully saturated rings. The van der Waals surface area contributed by atoms with Gasteiger partial charge in [0.25, 0.3) is 0 Å². The van der Waals surface area contributed by atoms with Gasteiger partial charge < -0.3 is 10.1 Å². The molecule has 1 saturated heterocycles. The van der Waals surface area contributed by atoms with Gasteiger partial charge in [-0.3, -0.25) is 0 Å². The van der Waals surface area contributed by atoms with Crippen LogP contribution < -0.4 is 10.1 Å². The number of methoxy groups -OCH3 is 1. The van der Waals surface area contributed by atoms with E-state index in [4.69, 9.17) is 4.74 Å². The molecule has 0 unspecified atom stereocenters. The molecule has 0 aromatic heterocycles. The molecule has 1 N–H and O–H groups in total. The maximum absolute atomic E-state index is 13.1. The van der Waals surface area contributed by atoms with Gasteiger partial charge in [-0.2, -0.15) is 11.8 Å². The molecule has 1 aromatic rings. The summed E-state index contributed by atoms with van der Waals surface area (Å²) in [7, 11) is 1.54. The second-order valence-corrected chi connectivity index (χ2v) is 4.33. The van der Waals surface area contributed by atoms with Gasteiger partial charge in [0.05, 0.1) is 7.11 Å². The average molecular weight is 213 g/mol. The van der Waals surface area contributed by atoms with E-state index in [1.54, 1.807) is 0 Å². The van der Waals surface area contributed by atoms with Crippen molar-refractivity contribution in [3.63, 3.8) is 0 Å². The fourth-order valence-corrected chi connectivity index (χ4v) is 1.96. The first kappa shape index (κ1) is 9.65. The van der Waals surface area contributed by atoms with Crippen LogP contribution in [0.15, 0.2) is 18.2 Å². The Morgan fingerprint density at radius 3 is 2.79 bits per heavy atom. The van der Waals surface area contributed by atoms with Crippen LogP contribution in [0.3, 0.4) is 0 Å². The third-order valence-corrected chi connectivity index (χ3v) is 3.39. The molecule has 0 amide bonds. The van der Waals surface area contributed by atoms with Crippen LogP contribution in [0, 0.1) is 5.82 Å². The van der Waals surface area contributed by atoms with E-state index < -0.39 is 0 Å². The molecule has 0 spiro atoms. The molecule has 0 bridgehead atoms. The number of hydrogen-bond donors (Lipinski definition) is 1. The van der Waals surface area contributed by atoms with Crippen molar-refractivity contribution in [2.45, 2.75) is 6.04 Å². The summed E-state index contributed by atoms with van der Waals surface area (Å²) < 4.78 is 18.0. The van der Waals surface area contributed by atoms with Gasteiger partial charge in [0.1, 0.15) is 11.6 Å². The van der Waals surface area contributed by atoms with Crippen molar-refractivity contribution in [1.82, 2.24) is 0 Å². The van der Waals surface area contributed by atoms with E-state index in [-0.39, 0.29) is 5.82 Å². The quantitative estimate of drug-likeness (QED) is 0.832. The summed E-state index contributed by atoms with van der Waals surface area (Å²) in [4.78, 5) is 0. The topological polar surface area (TPSA) is 21.3 Å².